The molecule has 0 saturated heterocycles. The van der Waals surface area contributed by atoms with Crippen molar-refractivity contribution in [3.63, 3.8) is 0 Å². The summed E-state index contributed by atoms with van der Waals surface area (Å²) in [5.74, 6) is 0. The van der Waals surface area contributed by atoms with Crippen LogP contribution in [0.3, 0.4) is 0 Å². The number of halogens is 5. The van der Waals surface area contributed by atoms with E-state index in [0.29, 0.717) is 0 Å². The van der Waals surface area contributed by atoms with Crippen LogP contribution in [0.4, 0.5) is 13.2 Å². The van der Waals surface area contributed by atoms with E-state index in [1.807, 2.05) is 30.7 Å². The first kappa shape index (κ1) is 16.9. The zero-order chi connectivity index (χ0) is 11.4. The molecular weight excluding hydrogens is 276 g/mol. The van der Waals surface area contributed by atoms with Crippen molar-refractivity contribution in [3.8, 4) is 0 Å². The van der Waals surface area contributed by atoms with Gasteiger partial charge in [0.2, 0.25) is 0 Å². The first-order valence-corrected chi connectivity index (χ1v) is 7.58. The van der Waals surface area contributed by atoms with Gasteiger partial charge in [0.1, 0.15) is 6.61 Å². The summed E-state index contributed by atoms with van der Waals surface area (Å²) < 4.78 is 31.6. The number of rotatable bonds is 0. The Kier molecular flexibility index (Phi) is 14.0. The molecule has 81 valence electrons. The van der Waals surface area contributed by atoms with E-state index >= 15 is 0 Å². The number of hydrogen-bond acceptors (Lipinski definition) is 1. The summed E-state index contributed by atoms with van der Waals surface area (Å²) >= 11 is -0.556. The second kappa shape index (κ2) is 11.6. The van der Waals surface area contributed by atoms with Crippen molar-refractivity contribution in [1.82, 2.24) is 0 Å². The molecule has 1 radical (unpaired) electrons. The molecule has 0 saturated carbocycles. The van der Waals surface area contributed by atoms with E-state index in [-0.39, 0.29) is 0 Å². The molecule has 0 heterocycles. The van der Waals surface area contributed by atoms with Crippen LogP contribution < -0.4 is 0 Å². The van der Waals surface area contributed by atoms with Crippen molar-refractivity contribution in [2.75, 3.05) is 6.61 Å². The number of hydrogen-bond donors (Lipinski definition) is 1. The van der Waals surface area contributed by atoms with Gasteiger partial charge in [0, 0.05) is 6.42 Å². The number of alkyl halides is 3. The van der Waals surface area contributed by atoms with Crippen LogP contribution in [0.1, 0.15) is 0 Å². The Bertz CT molecular complexity index is 161. The third-order valence-corrected chi connectivity index (χ3v) is 0.735. The first-order valence-electron chi connectivity index (χ1n) is 3.28. The van der Waals surface area contributed by atoms with Gasteiger partial charge in [-0.3, -0.25) is 0 Å². The Hall–Kier alpha value is 0.524. The van der Waals surface area contributed by atoms with E-state index in [9.17, 15) is 13.2 Å². The van der Waals surface area contributed by atoms with E-state index in [4.69, 9.17) is 23.7 Å². The van der Waals surface area contributed by atoms with Crippen LogP contribution in [0.15, 0.2) is 24.3 Å². The molecule has 0 aromatic heterocycles. The molecule has 1 aliphatic carbocycles. The second-order valence-corrected chi connectivity index (χ2v) is 4.39. The van der Waals surface area contributed by atoms with Crippen LogP contribution in [-0.2, 0) is 17.0 Å². The molecule has 1 N–H and O–H groups in total. The molecule has 0 aromatic rings. The van der Waals surface area contributed by atoms with Gasteiger partial charge in [-0.2, -0.15) is 13.2 Å². The standard InChI is InChI=1S/C5H5.C2H3F3O.2ClH.Ti/c1-2-4-5-3-1;3-2(4,5)1-6;;;/h1-5H;6H,1H2;2*1H;/q;;;;+2/p-2. The summed E-state index contributed by atoms with van der Waals surface area (Å²) in [7, 11) is 9.78. The molecule has 0 fully saturated rings. The average molecular weight is 284 g/mol. The fraction of sp³-hybridized carbons (Fsp3) is 0.286. The maximum absolute atomic E-state index is 10.5. The molecule has 14 heavy (non-hydrogen) atoms. The fourth-order valence-electron chi connectivity index (χ4n) is 0.321. The predicted octanol–water partition coefficient (Wildman–Crippen LogP) is 3.23. The summed E-state index contributed by atoms with van der Waals surface area (Å²) in [6.45, 7) is -1.73. The number of aliphatic hydroxyl groups is 1. The van der Waals surface area contributed by atoms with E-state index in [1.54, 1.807) is 0 Å². The molecule has 0 aromatic carbocycles. The first-order chi connectivity index (χ1) is 6.47. The van der Waals surface area contributed by atoms with Gasteiger partial charge in [-0.15, -0.1) is 0 Å². The van der Waals surface area contributed by atoms with Gasteiger partial charge in [0.15, 0.2) is 0 Å². The molecular formula is C7H8Cl2F3OTi. The van der Waals surface area contributed by atoms with Gasteiger partial charge in [0.05, 0.1) is 0 Å². The maximum atomic E-state index is 10.5. The van der Waals surface area contributed by atoms with E-state index in [2.05, 4.69) is 0 Å². The van der Waals surface area contributed by atoms with Gasteiger partial charge < -0.3 is 5.11 Å². The van der Waals surface area contributed by atoms with Gasteiger partial charge in [-0.25, -0.2) is 0 Å². The second-order valence-electron chi connectivity index (χ2n) is 1.81. The summed E-state index contributed by atoms with van der Waals surface area (Å²) in [6, 6.07) is 0. The Morgan fingerprint density at radius 2 is 1.36 bits per heavy atom. The van der Waals surface area contributed by atoms with Crippen LogP contribution in [0.25, 0.3) is 0 Å². The zero-order valence-corrected chi connectivity index (χ0v) is 10.0. The van der Waals surface area contributed by atoms with Gasteiger partial charge in [0.25, 0.3) is 0 Å². The van der Waals surface area contributed by atoms with Crippen molar-refractivity contribution in [3.05, 3.63) is 30.7 Å². The van der Waals surface area contributed by atoms with E-state index in [0.717, 1.165) is 0 Å². The number of allylic oxidation sites excluding steroid dienone is 4. The minimum absolute atomic E-state index is 0.556. The zero-order valence-electron chi connectivity index (χ0n) is 6.93. The normalized spacial score (nSPS) is 12.4. The third kappa shape index (κ3) is 22.9. The SMILES string of the molecule is OCC(F)(F)F.[CH]1C=CC=C1.[Cl][Ti][Cl]. The Labute approximate surface area is 97.3 Å². The van der Waals surface area contributed by atoms with Crippen LogP contribution >= 0.6 is 18.6 Å². The van der Waals surface area contributed by atoms with Gasteiger partial charge >= 0.3 is 41.8 Å². The van der Waals surface area contributed by atoms with Crippen LogP contribution in [0, 0.1) is 6.42 Å². The summed E-state index contributed by atoms with van der Waals surface area (Å²) in [5, 5.41) is 7.28. The molecule has 0 aliphatic heterocycles. The monoisotopic (exact) mass is 283 g/mol. The van der Waals surface area contributed by atoms with E-state index in [1.165, 1.54) is 0 Å². The molecule has 0 spiro atoms. The molecule has 7 heteroatoms. The molecule has 1 rings (SSSR count). The predicted molar refractivity (Wildman–Crippen MR) is 47.4 cm³/mol. The Morgan fingerprint density at radius 3 is 1.43 bits per heavy atom. The average Bonchev–Trinajstić information content (AvgIpc) is 2.61. The third-order valence-electron chi connectivity index (χ3n) is 0.735. The van der Waals surface area contributed by atoms with Crippen molar-refractivity contribution in [2.24, 2.45) is 0 Å². The Morgan fingerprint density at radius 1 is 1.07 bits per heavy atom. The van der Waals surface area contributed by atoms with Crippen LogP contribution in [-0.4, -0.2) is 17.9 Å². The molecule has 0 amide bonds. The van der Waals surface area contributed by atoms with Crippen molar-refractivity contribution >= 4 is 18.6 Å². The van der Waals surface area contributed by atoms with Crippen molar-refractivity contribution < 1.29 is 35.3 Å². The molecule has 1 nitrogen and oxygen atoms in total. The van der Waals surface area contributed by atoms with Gasteiger partial charge in [-0.05, 0) is 0 Å². The minimum atomic E-state index is -4.40. The topological polar surface area (TPSA) is 20.2 Å². The van der Waals surface area contributed by atoms with Crippen molar-refractivity contribution in [1.29, 1.82) is 0 Å². The van der Waals surface area contributed by atoms with Crippen molar-refractivity contribution in [2.45, 2.75) is 6.18 Å². The molecule has 0 unspecified atom stereocenters. The summed E-state index contributed by atoms with van der Waals surface area (Å²) in [5.41, 5.74) is 0. The van der Waals surface area contributed by atoms with Crippen LogP contribution in [0.2, 0.25) is 0 Å². The summed E-state index contributed by atoms with van der Waals surface area (Å²) in [6.07, 6.45) is 5.60. The van der Waals surface area contributed by atoms with E-state index < -0.39 is 29.8 Å². The summed E-state index contributed by atoms with van der Waals surface area (Å²) in [4.78, 5) is 0. The fourth-order valence-corrected chi connectivity index (χ4v) is 0.321. The number of aliphatic hydroxyl groups excluding tert-OH is 1. The molecule has 0 atom stereocenters. The quantitative estimate of drug-likeness (QED) is 0.677. The molecule has 1 aliphatic rings. The molecule has 0 bridgehead atoms. The van der Waals surface area contributed by atoms with Gasteiger partial charge in [-0.1, -0.05) is 24.3 Å². The van der Waals surface area contributed by atoms with Crippen LogP contribution in [0.5, 0.6) is 0 Å². The Balaban J connectivity index is 0.